The van der Waals surface area contributed by atoms with Gasteiger partial charge in [0.15, 0.2) is 0 Å². The molecule has 0 N–H and O–H groups in total. The topological polar surface area (TPSA) is 16.4 Å². The van der Waals surface area contributed by atoms with Crippen molar-refractivity contribution in [2.45, 2.75) is 0 Å². The van der Waals surface area contributed by atoms with Gasteiger partial charge in [-0.2, -0.15) is 0 Å². The van der Waals surface area contributed by atoms with Gasteiger partial charge >= 0.3 is 0 Å². The molecule has 39 heavy (non-hydrogen) atoms. The Morgan fingerprint density at radius 1 is 0.462 bits per heavy atom. The van der Waals surface area contributed by atoms with E-state index in [4.69, 9.17) is 4.42 Å². The van der Waals surface area contributed by atoms with Crippen molar-refractivity contribution < 1.29 is 4.42 Å². The summed E-state index contributed by atoms with van der Waals surface area (Å²) in [7, 11) is 0. The highest BCUT2D eigenvalue weighted by Gasteiger charge is 2.18. The largest absolute Gasteiger partial charge is 0.456 e. The molecule has 2 nitrogen and oxygen atoms in total. The van der Waals surface area contributed by atoms with Crippen LogP contribution >= 0.6 is 11.3 Å². The number of benzene rings is 6. The molecule has 3 heteroatoms. The van der Waals surface area contributed by atoms with Crippen molar-refractivity contribution in [1.29, 1.82) is 0 Å². The number of nitrogens with zero attached hydrogens (tertiary/aromatic N) is 1. The van der Waals surface area contributed by atoms with E-state index >= 15 is 0 Å². The molecule has 0 saturated heterocycles. The Labute approximate surface area is 230 Å². The lowest BCUT2D eigenvalue weighted by atomic mass is 10.0. The molecule has 0 amide bonds. The average Bonchev–Trinajstić information content (AvgIpc) is 3.57. The molecule has 0 spiro atoms. The van der Waals surface area contributed by atoms with E-state index in [9.17, 15) is 0 Å². The predicted octanol–water partition coefficient (Wildman–Crippen LogP) is 11.1. The Bertz CT molecular complexity index is 2120. The molecule has 0 aliphatic rings. The van der Waals surface area contributed by atoms with Crippen molar-refractivity contribution in [2.75, 3.05) is 4.90 Å². The third-order valence-corrected chi connectivity index (χ3v) is 8.68. The number of hydrogen-bond acceptors (Lipinski definition) is 3. The summed E-state index contributed by atoms with van der Waals surface area (Å²) in [6.07, 6.45) is 0. The summed E-state index contributed by atoms with van der Waals surface area (Å²) in [6.45, 7) is 0. The zero-order valence-electron chi connectivity index (χ0n) is 21.0. The Balaban J connectivity index is 1.26. The predicted molar refractivity (Wildman–Crippen MR) is 167 cm³/mol. The summed E-state index contributed by atoms with van der Waals surface area (Å²) in [5, 5.41) is 4.91. The number of fused-ring (bicyclic) bond motifs is 6. The van der Waals surface area contributed by atoms with E-state index in [0.717, 1.165) is 33.3 Å². The molecule has 8 aromatic rings. The lowest BCUT2D eigenvalue weighted by Gasteiger charge is -2.26. The molecular formula is C36H23NOS. The first-order valence-electron chi connectivity index (χ1n) is 13.1. The van der Waals surface area contributed by atoms with E-state index in [1.807, 2.05) is 23.5 Å². The molecule has 0 fully saturated rings. The zero-order chi connectivity index (χ0) is 25.8. The van der Waals surface area contributed by atoms with Gasteiger partial charge in [0.25, 0.3) is 0 Å². The first kappa shape index (κ1) is 22.2. The molecule has 2 heterocycles. The van der Waals surface area contributed by atoms with Gasteiger partial charge in [-0.05, 0) is 65.7 Å². The van der Waals surface area contributed by atoms with Gasteiger partial charge in [0.1, 0.15) is 11.2 Å². The van der Waals surface area contributed by atoms with Crippen molar-refractivity contribution in [3.8, 4) is 11.1 Å². The van der Waals surface area contributed by atoms with Gasteiger partial charge in [-0.3, -0.25) is 0 Å². The molecule has 0 aliphatic carbocycles. The maximum Gasteiger partial charge on any atom is 0.135 e. The van der Waals surface area contributed by atoms with Crippen molar-refractivity contribution >= 4 is 70.5 Å². The highest BCUT2D eigenvalue weighted by Crippen LogP contribution is 2.44. The summed E-state index contributed by atoms with van der Waals surface area (Å²) >= 11 is 1.86. The molecule has 8 rings (SSSR count). The monoisotopic (exact) mass is 517 g/mol. The van der Waals surface area contributed by atoms with Crippen LogP contribution in [0, 0.1) is 0 Å². The van der Waals surface area contributed by atoms with Crippen molar-refractivity contribution in [3.05, 3.63) is 140 Å². The summed E-state index contributed by atoms with van der Waals surface area (Å²) < 4.78 is 8.65. The van der Waals surface area contributed by atoms with E-state index in [1.54, 1.807) is 0 Å². The van der Waals surface area contributed by atoms with Crippen LogP contribution in [0.15, 0.2) is 144 Å². The number of para-hydroxylation sites is 2. The minimum absolute atomic E-state index is 0.920. The Morgan fingerprint density at radius 2 is 1.13 bits per heavy atom. The van der Waals surface area contributed by atoms with Crippen LogP contribution in [0.25, 0.3) is 53.2 Å². The minimum Gasteiger partial charge on any atom is -0.456 e. The van der Waals surface area contributed by atoms with Gasteiger partial charge in [-0.25, -0.2) is 0 Å². The van der Waals surface area contributed by atoms with Gasteiger partial charge in [-0.1, -0.05) is 84.9 Å². The van der Waals surface area contributed by atoms with Crippen LogP contribution < -0.4 is 4.90 Å². The molecule has 0 bridgehead atoms. The molecular weight excluding hydrogens is 494 g/mol. The normalized spacial score (nSPS) is 11.6. The second kappa shape index (κ2) is 8.87. The van der Waals surface area contributed by atoms with E-state index in [0.29, 0.717) is 0 Å². The Kier molecular flexibility index (Phi) is 5.04. The molecule has 0 atom stereocenters. The summed E-state index contributed by atoms with van der Waals surface area (Å²) in [4.78, 5) is 2.37. The van der Waals surface area contributed by atoms with Crippen LogP contribution in [0.2, 0.25) is 0 Å². The van der Waals surface area contributed by atoms with Crippen LogP contribution in [0.3, 0.4) is 0 Å². The Morgan fingerprint density at radius 3 is 2.00 bits per heavy atom. The molecule has 2 aromatic heterocycles. The SMILES string of the molecule is c1ccc(N(c2ccc(-c3ccc4oc5ccccc5c4c3)cc2)c2cccc3c2sc2ccccc23)cc1. The fourth-order valence-electron chi connectivity index (χ4n) is 5.62. The highest BCUT2D eigenvalue weighted by atomic mass is 32.1. The number of thiophene rings is 1. The molecule has 6 aromatic carbocycles. The van der Waals surface area contributed by atoms with Crippen molar-refractivity contribution in [1.82, 2.24) is 0 Å². The fourth-order valence-corrected chi connectivity index (χ4v) is 6.83. The van der Waals surface area contributed by atoms with Gasteiger partial charge in [0.05, 0.1) is 10.4 Å². The van der Waals surface area contributed by atoms with E-state index in [2.05, 4.69) is 132 Å². The lowest BCUT2D eigenvalue weighted by Crippen LogP contribution is -2.09. The summed E-state index contributed by atoms with van der Waals surface area (Å²) in [5.41, 5.74) is 7.67. The van der Waals surface area contributed by atoms with Crippen LogP contribution in [0.4, 0.5) is 17.1 Å². The smallest absolute Gasteiger partial charge is 0.135 e. The van der Waals surface area contributed by atoms with Gasteiger partial charge < -0.3 is 9.32 Å². The number of hydrogen-bond donors (Lipinski definition) is 0. The van der Waals surface area contributed by atoms with Gasteiger partial charge in [-0.15, -0.1) is 11.3 Å². The van der Waals surface area contributed by atoms with Gasteiger partial charge in [0.2, 0.25) is 0 Å². The van der Waals surface area contributed by atoms with Crippen LogP contribution in [0.5, 0.6) is 0 Å². The van der Waals surface area contributed by atoms with Crippen LogP contribution in [-0.2, 0) is 0 Å². The quantitative estimate of drug-likeness (QED) is 0.231. The molecule has 0 radical (unpaired) electrons. The van der Waals surface area contributed by atoms with Crippen molar-refractivity contribution in [2.24, 2.45) is 0 Å². The van der Waals surface area contributed by atoms with Crippen molar-refractivity contribution in [3.63, 3.8) is 0 Å². The molecule has 184 valence electrons. The van der Waals surface area contributed by atoms with E-state index < -0.39 is 0 Å². The molecule has 0 saturated carbocycles. The first-order valence-corrected chi connectivity index (χ1v) is 13.9. The standard InChI is InChI=1S/C36H23NOS/c1-2-9-26(10-3-1)37(32-14-8-13-30-29-12-5-7-16-35(29)39-36(30)32)27-20-17-24(18-21-27)25-19-22-34-31(23-25)28-11-4-6-15-33(28)38-34/h1-23H. The van der Waals surface area contributed by atoms with Crippen LogP contribution in [0.1, 0.15) is 0 Å². The maximum atomic E-state index is 6.04. The Hall–Kier alpha value is -4.86. The summed E-state index contributed by atoms with van der Waals surface area (Å²) in [5.74, 6) is 0. The summed E-state index contributed by atoms with van der Waals surface area (Å²) in [6, 6.07) is 49.6. The number of anilines is 3. The third-order valence-electron chi connectivity index (χ3n) is 7.47. The second-order valence-corrected chi connectivity index (χ2v) is 10.8. The fraction of sp³-hybridized carbons (Fsp3) is 0. The number of rotatable bonds is 4. The lowest BCUT2D eigenvalue weighted by molar-refractivity contribution is 0.669. The first-order chi connectivity index (χ1) is 19.3. The zero-order valence-corrected chi connectivity index (χ0v) is 21.9. The molecule has 0 unspecified atom stereocenters. The van der Waals surface area contributed by atoms with Crippen LogP contribution in [-0.4, -0.2) is 0 Å². The van der Waals surface area contributed by atoms with E-state index in [-0.39, 0.29) is 0 Å². The van der Waals surface area contributed by atoms with Gasteiger partial charge in [0, 0.05) is 37.6 Å². The second-order valence-electron chi connectivity index (χ2n) is 9.78. The maximum absolute atomic E-state index is 6.04. The number of furan rings is 1. The van der Waals surface area contributed by atoms with E-state index in [1.165, 1.54) is 37.0 Å². The third kappa shape index (κ3) is 3.63. The highest BCUT2D eigenvalue weighted by molar-refractivity contribution is 7.26. The molecule has 0 aliphatic heterocycles. The average molecular weight is 518 g/mol. The minimum atomic E-state index is 0.920.